The maximum atomic E-state index is 12.1. The molecule has 36 heavy (non-hydrogen) atoms. The zero-order valence-electron chi connectivity index (χ0n) is 20.8. The second-order valence-corrected chi connectivity index (χ2v) is 9.99. The summed E-state index contributed by atoms with van der Waals surface area (Å²) in [5.41, 5.74) is 3.21. The third-order valence-electron chi connectivity index (χ3n) is 6.91. The maximum Gasteiger partial charge on any atom is 0.339 e. The molecule has 0 radical (unpaired) electrons. The number of carboxylic acids is 1. The van der Waals surface area contributed by atoms with Gasteiger partial charge in [-0.15, -0.1) is 0 Å². The van der Waals surface area contributed by atoms with Gasteiger partial charge in [0.1, 0.15) is 28.6 Å². The Morgan fingerprint density at radius 1 is 0.611 bits per heavy atom. The predicted octanol–water partition coefficient (Wildman–Crippen LogP) is 7.24. The fourth-order valence-corrected chi connectivity index (χ4v) is 4.33. The molecule has 5 nitrogen and oxygen atoms in total. The van der Waals surface area contributed by atoms with Crippen LogP contribution in [0.15, 0.2) is 91.0 Å². The van der Waals surface area contributed by atoms with E-state index in [0.29, 0.717) is 5.75 Å². The van der Waals surface area contributed by atoms with Gasteiger partial charge in [0.05, 0.1) is 0 Å². The quantitative estimate of drug-likeness (QED) is 0.258. The van der Waals surface area contributed by atoms with E-state index in [4.69, 9.17) is 4.74 Å². The third-order valence-corrected chi connectivity index (χ3v) is 6.91. The lowest BCUT2D eigenvalue weighted by Gasteiger charge is -2.27. The van der Waals surface area contributed by atoms with E-state index in [9.17, 15) is 20.1 Å². The van der Waals surface area contributed by atoms with E-state index in [1.54, 1.807) is 36.4 Å². The highest BCUT2D eigenvalue weighted by Gasteiger charge is 2.26. The molecule has 0 heterocycles. The molecule has 5 heteroatoms. The molecule has 0 saturated heterocycles. The Morgan fingerprint density at radius 2 is 1.00 bits per heavy atom. The number of carboxylic acid groups (broad SMARTS) is 1. The van der Waals surface area contributed by atoms with Gasteiger partial charge in [0.25, 0.3) is 0 Å². The van der Waals surface area contributed by atoms with Crippen molar-refractivity contribution in [3.8, 4) is 23.0 Å². The summed E-state index contributed by atoms with van der Waals surface area (Å²) in [5, 5.41) is 29.1. The maximum absolute atomic E-state index is 12.1. The molecular weight excluding hydrogens is 452 g/mol. The van der Waals surface area contributed by atoms with Crippen molar-refractivity contribution in [1.82, 2.24) is 0 Å². The summed E-state index contributed by atoms with van der Waals surface area (Å²) in [6.07, 6.45) is 0. The highest BCUT2D eigenvalue weighted by Crippen LogP contribution is 2.37. The first-order valence-electron chi connectivity index (χ1n) is 11.7. The molecule has 0 spiro atoms. The van der Waals surface area contributed by atoms with Crippen molar-refractivity contribution in [3.63, 3.8) is 0 Å². The van der Waals surface area contributed by atoms with Crippen LogP contribution in [0, 0.1) is 0 Å². The van der Waals surface area contributed by atoms with Crippen molar-refractivity contribution >= 4 is 5.97 Å². The van der Waals surface area contributed by atoms with Gasteiger partial charge in [0.2, 0.25) is 0 Å². The Hall–Kier alpha value is -4.25. The van der Waals surface area contributed by atoms with Crippen LogP contribution in [0.25, 0.3) is 0 Å². The van der Waals surface area contributed by atoms with Crippen LogP contribution in [0.3, 0.4) is 0 Å². The first-order chi connectivity index (χ1) is 17.0. The molecule has 0 unspecified atom stereocenters. The van der Waals surface area contributed by atoms with Gasteiger partial charge in [0.15, 0.2) is 0 Å². The van der Waals surface area contributed by atoms with Gasteiger partial charge in [-0.25, -0.2) is 4.79 Å². The summed E-state index contributed by atoms with van der Waals surface area (Å²) >= 11 is 0. The number of aromatic carboxylic acids is 1. The molecular formula is C31H30O5. The van der Waals surface area contributed by atoms with Crippen LogP contribution in [-0.2, 0) is 10.8 Å². The molecule has 0 amide bonds. The van der Waals surface area contributed by atoms with Gasteiger partial charge < -0.3 is 20.1 Å². The fourth-order valence-electron chi connectivity index (χ4n) is 4.33. The van der Waals surface area contributed by atoms with Crippen LogP contribution in [0.5, 0.6) is 23.0 Å². The summed E-state index contributed by atoms with van der Waals surface area (Å²) in [5.74, 6) is 0.136. The van der Waals surface area contributed by atoms with Crippen molar-refractivity contribution in [2.45, 2.75) is 38.5 Å². The van der Waals surface area contributed by atoms with Crippen molar-refractivity contribution in [2.24, 2.45) is 0 Å². The number of aromatic hydroxyl groups is 2. The zero-order valence-corrected chi connectivity index (χ0v) is 20.8. The van der Waals surface area contributed by atoms with E-state index in [1.165, 1.54) is 0 Å². The van der Waals surface area contributed by atoms with Crippen molar-refractivity contribution in [2.75, 3.05) is 0 Å². The summed E-state index contributed by atoms with van der Waals surface area (Å²) < 4.78 is 6.00. The third kappa shape index (κ3) is 4.91. The normalized spacial score (nSPS) is 11.8. The Balaban J connectivity index is 1.60. The summed E-state index contributed by atoms with van der Waals surface area (Å²) in [6, 6.07) is 26.9. The number of phenols is 2. The minimum absolute atomic E-state index is 0.0767. The van der Waals surface area contributed by atoms with Gasteiger partial charge in [-0.3, -0.25) is 0 Å². The Labute approximate surface area is 211 Å². The molecule has 0 aliphatic carbocycles. The van der Waals surface area contributed by atoms with E-state index >= 15 is 0 Å². The molecule has 3 N–H and O–H groups in total. The van der Waals surface area contributed by atoms with E-state index in [1.807, 2.05) is 68.4 Å². The van der Waals surface area contributed by atoms with Gasteiger partial charge in [-0.05, 0) is 70.8 Å². The minimum Gasteiger partial charge on any atom is -0.508 e. The number of phenolic OH excluding ortho intramolecular Hbond substituents is 2. The highest BCUT2D eigenvalue weighted by atomic mass is 16.5. The van der Waals surface area contributed by atoms with Crippen molar-refractivity contribution in [1.29, 1.82) is 0 Å². The second kappa shape index (κ2) is 9.42. The van der Waals surface area contributed by atoms with Crippen LogP contribution in [0.4, 0.5) is 0 Å². The molecule has 0 aliphatic heterocycles. The number of hydrogen-bond acceptors (Lipinski definition) is 4. The van der Waals surface area contributed by atoms with Crippen molar-refractivity contribution < 1.29 is 24.9 Å². The van der Waals surface area contributed by atoms with Gasteiger partial charge in [0, 0.05) is 10.8 Å². The number of hydrogen-bond donors (Lipinski definition) is 3. The van der Waals surface area contributed by atoms with Crippen LogP contribution in [0.1, 0.15) is 60.3 Å². The first kappa shape index (κ1) is 24.9. The standard InChI is InChI=1S/C31H30O5/c1-30(2,20-5-12-24(32)13-6-20)22-9-16-26(17-10-22)36-28-18-11-23(19-27(28)29(34)35)31(3,4)21-7-14-25(33)15-8-21/h5-19,32-33H,1-4H3,(H,34,35). The lowest BCUT2D eigenvalue weighted by Crippen LogP contribution is -2.19. The highest BCUT2D eigenvalue weighted by molar-refractivity contribution is 5.91. The molecule has 4 aromatic rings. The van der Waals surface area contributed by atoms with Crippen LogP contribution in [0.2, 0.25) is 0 Å². The molecule has 0 saturated carbocycles. The Morgan fingerprint density at radius 3 is 1.44 bits per heavy atom. The fraction of sp³-hybridized carbons (Fsp3) is 0.194. The largest absolute Gasteiger partial charge is 0.508 e. The average Bonchev–Trinajstić information content (AvgIpc) is 2.85. The van der Waals surface area contributed by atoms with Crippen molar-refractivity contribution in [3.05, 3.63) is 119 Å². The van der Waals surface area contributed by atoms with Gasteiger partial charge in [-0.1, -0.05) is 70.2 Å². The van der Waals surface area contributed by atoms with Gasteiger partial charge in [-0.2, -0.15) is 0 Å². The van der Waals surface area contributed by atoms with E-state index in [0.717, 1.165) is 22.3 Å². The molecule has 0 atom stereocenters. The zero-order chi connectivity index (χ0) is 26.1. The summed E-state index contributed by atoms with van der Waals surface area (Å²) in [7, 11) is 0. The average molecular weight is 483 g/mol. The summed E-state index contributed by atoms with van der Waals surface area (Å²) in [4.78, 5) is 12.1. The Bertz CT molecular complexity index is 1370. The lowest BCUT2D eigenvalue weighted by molar-refractivity contribution is 0.0694. The van der Waals surface area contributed by atoms with E-state index < -0.39 is 11.4 Å². The molecule has 184 valence electrons. The molecule has 0 aliphatic rings. The van der Waals surface area contributed by atoms with Gasteiger partial charge >= 0.3 is 5.97 Å². The number of ether oxygens (including phenoxy) is 1. The molecule has 4 rings (SSSR count). The van der Waals surface area contributed by atoms with Crippen LogP contribution < -0.4 is 4.74 Å². The SMILES string of the molecule is CC(C)(c1ccc(O)cc1)c1ccc(Oc2ccc(C(C)(C)c3ccc(O)cc3)cc2C(=O)O)cc1. The second-order valence-electron chi connectivity index (χ2n) is 9.99. The van der Waals surface area contributed by atoms with Crippen LogP contribution >= 0.6 is 0 Å². The first-order valence-corrected chi connectivity index (χ1v) is 11.7. The predicted molar refractivity (Wildman–Crippen MR) is 140 cm³/mol. The molecule has 0 aromatic heterocycles. The Kier molecular flexibility index (Phi) is 6.51. The monoisotopic (exact) mass is 482 g/mol. The number of benzene rings is 4. The topological polar surface area (TPSA) is 87.0 Å². The smallest absolute Gasteiger partial charge is 0.339 e. The molecule has 0 bridgehead atoms. The lowest BCUT2D eigenvalue weighted by atomic mass is 9.77. The van der Waals surface area contributed by atoms with Crippen LogP contribution in [-0.4, -0.2) is 21.3 Å². The summed E-state index contributed by atoms with van der Waals surface area (Å²) in [6.45, 7) is 8.23. The minimum atomic E-state index is -1.07. The number of carbonyl (C=O) groups is 1. The van der Waals surface area contributed by atoms with E-state index in [-0.39, 0.29) is 28.2 Å². The molecule has 4 aromatic carbocycles. The van der Waals surface area contributed by atoms with E-state index in [2.05, 4.69) is 13.8 Å². The number of rotatable bonds is 7. The molecule has 0 fully saturated rings.